The Labute approximate surface area is 87.8 Å². The number of allylic oxidation sites excluding steroid dienone is 1. The topological polar surface area (TPSA) is 20.2 Å². The van der Waals surface area contributed by atoms with Crippen molar-refractivity contribution in [1.82, 2.24) is 0 Å². The molecule has 0 radical (unpaired) electrons. The molecule has 0 saturated heterocycles. The van der Waals surface area contributed by atoms with Crippen molar-refractivity contribution in [2.75, 3.05) is 6.61 Å². The molecule has 16 heavy (non-hydrogen) atoms. The van der Waals surface area contributed by atoms with Gasteiger partial charge in [-0.3, -0.25) is 0 Å². The second kappa shape index (κ2) is 4.27. The van der Waals surface area contributed by atoms with Crippen LogP contribution in [0.5, 0.6) is 0 Å². The molecule has 94 valence electrons. The highest BCUT2D eigenvalue weighted by Gasteiger charge is 2.47. The summed E-state index contributed by atoms with van der Waals surface area (Å²) < 4.78 is 73.9. The van der Waals surface area contributed by atoms with Gasteiger partial charge in [-0.25, -0.2) is 0 Å². The first-order valence-corrected chi connectivity index (χ1v) is 4.60. The fourth-order valence-electron chi connectivity index (χ4n) is 1.72. The van der Waals surface area contributed by atoms with Gasteiger partial charge in [0, 0.05) is 18.1 Å². The highest BCUT2D eigenvalue weighted by atomic mass is 19.4. The van der Waals surface area contributed by atoms with Gasteiger partial charge in [-0.2, -0.15) is 26.3 Å². The van der Waals surface area contributed by atoms with Gasteiger partial charge in [0.2, 0.25) is 0 Å². The van der Waals surface area contributed by atoms with Crippen molar-refractivity contribution in [3.05, 3.63) is 11.6 Å². The van der Waals surface area contributed by atoms with Crippen molar-refractivity contribution in [3.8, 4) is 0 Å². The van der Waals surface area contributed by atoms with Crippen molar-refractivity contribution in [3.63, 3.8) is 0 Å². The van der Waals surface area contributed by atoms with E-state index in [-0.39, 0.29) is 0 Å². The van der Waals surface area contributed by atoms with Gasteiger partial charge in [-0.1, -0.05) is 6.08 Å². The minimum Gasteiger partial charge on any atom is -0.396 e. The van der Waals surface area contributed by atoms with E-state index in [0.717, 1.165) is 0 Å². The van der Waals surface area contributed by atoms with Crippen LogP contribution in [0.25, 0.3) is 0 Å². The van der Waals surface area contributed by atoms with Crippen molar-refractivity contribution >= 4 is 0 Å². The summed E-state index contributed by atoms with van der Waals surface area (Å²) in [5.41, 5.74) is -1.19. The molecule has 2 atom stereocenters. The maximum Gasteiger partial charge on any atom is 0.412 e. The lowest BCUT2D eigenvalue weighted by atomic mass is 9.82. The molecular weight excluding hydrogens is 238 g/mol. The van der Waals surface area contributed by atoms with E-state index in [9.17, 15) is 26.3 Å². The fraction of sp³-hybridized carbons (Fsp3) is 0.778. The van der Waals surface area contributed by atoms with Crippen LogP contribution in [0.3, 0.4) is 0 Å². The van der Waals surface area contributed by atoms with Crippen LogP contribution >= 0.6 is 0 Å². The minimum atomic E-state index is -4.75. The van der Waals surface area contributed by atoms with E-state index in [0.29, 0.717) is 6.08 Å². The smallest absolute Gasteiger partial charge is 0.396 e. The zero-order valence-electron chi connectivity index (χ0n) is 8.07. The third kappa shape index (κ3) is 3.13. The molecule has 1 N–H and O–H groups in total. The monoisotopic (exact) mass is 248 g/mol. The molecule has 0 spiro atoms. The average molecular weight is 248 g/mol. The van der Waals surface area contributed by atoms with E-state index >= 15 is 0 Å². The average Bonchev–Trinajstić information content (AvgIpc) is 2.14. The van der Waals surface area contributed by atoms with Gasteiger partial charge < -0.3 is 5.11 Å². The number of hydrogen-bond acceptors (Lipinski definition) is 1. The molecule has 1 aliphatic carbocycles. The molecule has 0 fully saturated rings. The molecule has 1 rings (SSSR count). The first-order valence-electron chi connectivity index (χ1n) is 4.60. The molecule has 0 heterocycles. The van der Waals surface area contributed by atoms with Gasteiger partial charge >= 0.3 is 12.4 Å². The maximum absolute atomic E-state index is 12.3. The van der Waals surface area contributed by atoms with E-state index in [4.69, 9.17) is 5.11 Å². The van der Waals surface area contributed by atoms with Crippen LogP contribution in [-0.2, 0) is 0 Å². The highest BCUT2D eigenvalue weighted by Crippen LogP contribution is 2.44. The Hall–Kier alpha value is -0.720. The maximum atomic E-state index is 12.3. The Kier molecular flexibility index (Phi) is 3.56. The third-order valence-corrected chi connectivity index (χ3v) is 2.55. The van der Waals surface area contributed by atoms with Crippen LogP contribution in [0, 0.1) is 11.8 Å². The van der Waals surface area contributed by atoms with E-state index < -0.39 is 49.2 Å². The highest BCUT2D eigenvalue weighted by molar-refractivity contribution is 5.15. The number of aliphatic hydroxyl groups excluding tert-OH is 1. The van der Waals surface area contributed by atoms with Gasteiger partial charge in [0.15, 0.2) is 0 Å². The second-order valence-electron chi connectivity index (χ2n) is 3.81. The molecule has 2 unspecified atom stereocenters. The van der Waals surface area contributed by atoms with E-state index in [2.05, 4.69) is 0 Å². The van der Waals surface area contributed by atoms with Crippen molar-refractivity contribution in [2.45, 2.75) is 25.2 Å². The molecular formula is C9H10F6O. The van der Waals surface area contributed by atoms with Crippen LogP contribution in [0.4, 0.5) is 26.3 Å². The third-order valence-electron chi connectivity index (χ3n) is 2.55. The van der Waals surface area contributed by atoms with Crippen LogP contribution < -0.4 is 0 Å². The van der Waals surface area contributed by atoms with E-state index in [1.54, 1.807) is 0 Å². The molecule has 0 aromatic carbocycles. The zero-order chi connectivity index (χ0) is 12.6. The molecule has 0 amide bonds. The zero-order valence-corrected chi connectivity index (χ0v) is 8.07. The Morgan fingerprint density at radius 3 is 2.12 bits per heavy atom. The van der Waals surface area contributed by atoms with Crippen LogP contribution in [-0.4, -0.2) is 24.1 Å². The Balaban J connectivity index is 2.91. The summed E-state index contributed by atoms with van der Waals surface area (Å²) in [5, 5.41) is 8.68. The lowest BCUT2D eigenvalue weighted by molar-refractivity contribution is -0.185. The van der Waals surface area contributed by atoms with Gasteiger partial charge in [-0.15, -0.1) is 0 Å². The number of halogens is 6. The largest absolute Gasteiger partial charge is 0.412 e. The number of rotatable bonds is 1. The Bertz CT molecular complexity index is 277. The molecule has 0 bridgehead atoms. The summed E-state index contributed by atoms with van der Waals surface area (Å²) in [4.78, 5) is 0. The SMILES string of the molecule is OCC1C=C(C(F)(F)F)CC(C(F)(F)F)C1. The second-order valence-corrected chi connectivity index (χ2v) is 3.81. The van der Waals surface area contributed by atoms with Gasteiger partial charge in [0.05, 0.1) is 5.92 Å². The van der Waals surface area contributed by atoms with Crippen molar-refractivity contribution < 1.29 is 31.4 Å². The summed E-state index contributed by atoms with van der Waals surface area (Å²) in [7, 11) is 0. The van der Waals surface area contributed by atoms with E-state index in [1.807, 2.05) is 0 Å². The Morgan fingerprint density at radius 1 is 1.19 bits per heavy atom. The lowest BCUT2D eigenvalue weighted by Gasteiger charge is -2.29. The standard InChI is InChI=1S/C9H10F6O/c10-8(11,12)6-1-5(4-16)2-7(3-6)9(13,14)15/h1,5,7,16H,2-4H2. The molecule has 0 saturated carbocycles. The summed E-state index contributed by atoms with van der Waals surface area (Å²) >= 11 is 0. The number of aliphatic hydroxyl groups is 1. The molecule has 1 aliphatic rings. The quantitative estimate of drug-likeness (QED) is 0.558. The fourth-order valence-corrected chi connectivity index (χ4v) is 1.72. The summed E-state index contributed by atoms with van der Waals surface area (Å²) in [5.74, 6) is -3.09. The number of hydrogen-bond donors (Lipinski definition) is 1. The molecule has 0 aromatic heterocycles. The van der Waals surface area contributed by atoms with Crippen molar-refractivity contribution in [2.24, 2.45) is 11.8 Å². The van der Waals surface area contributed by atoms with Crippen LogP contribution in [0.1, 0.15) is 12.8 Å². The molecule has 7 heteroatoms. The lowest BCUT2D eigenvalue weighted by Crippen LogP contribution is -2.32. The summed E-state index contributed by atoms with van der Waals surface area (Å²) in [6, 6.07) is 0. The minimum absolute atomic E-state index is 0.487. The first-order chi connectivity index (χ1) is 7.14. The molecule has 1 nitrogen and oxygen atoms in total. The normalized spacial score (nSPS) is 27.8. The van der Waals surface area contributed by atoms with Crippen LogP contribution in [0.2, 0.25) is 0 Å². The van der Waals surface area contributed by atoms with Crippen molar-refractivity contribution in [1.29, 1.82) is 0 Å². The van der Waals surface area contributed by atoms with Gasteiger partial charge in [0.25, 0.3) is 0 Å². The molecule has 0 aromatic rings. The predicted molar refractivity (Wildman–Crippen MR) is 43.5 cm³/mol. The number of alkyl halides is 6. The molecule has 0 aliphatic heterocycles. The van der Waals surface area contributed by atoms with Crippen LogP contribution in [0.15, 0.2) is 11.6 Å². The Morgan fingerprint density at radius 2 is 1.75 bits per heavy atom. The predicted octanol–water partition coefficient (Wildman–Crippen LogP) is 3.06. The van der Waals surface area contributed by atoms with Gasteiger partial charge in [0.1, 0.15) is 0 Å². The van der Waals surface area contributed by atoms with Gasteiger partial charge in [-0.05, 0) is 12.8 Å². The van der Waals surface area contributed by atoms with E-state index in [1.165, 1.54) is 0 Å². The summed E-state index contributed by atoms with van der Waals surface area (Å²) in [6.07, 6.45) is -10.2. The first kappa shape index (κ1) is 13.3. The summed E-state index contributed by atoms with van der Waals surface area (Å²) in [6.45, 7) is -0.702.